The van der Waals surface area contributed by atoms with Crippen molar-refractivity contribution >= 4 is 11.3 Å². The maximum atomic E-state index is 13.8. The van der Waals surface area contributed by atoms with Crippen molar-refractivity contribution in [2.45, 2.75) is 32.2 Å². The van der Waals surface area contributed by atoms with Gasteiger partial charge in [0.25, 0.3) is 0 Å². The summed E-state index contributed by atoms with van der Waals surface area (Å²) in [4.78, 5) is 0. The van der Waals surface area contributed by atoms with Crippen molar-refractivity contribution in [2.24, 2.45) is 0 Å². The number of halogens is 2. The van der Waals surface area contributed by atoms with Gasteiger partial charge in [0.1, 0.15) is 0 Å². The number of nitrogens with one attached hydrogen (secondary N) is 1. The second-order valence-electron chi connectivity index (χ2n) is 4.90. The highest BCUT2D eigenvalue weighted by molar-refractivity contribution is 7.07. The van der Waals surface area contributed by atoms with Gasteiger partial charge in [-0.2, -0.15) is 11.3 Å². The Kier molecular flexibility index (Phi) is 5.68. The molecule has 4 heteroatoms. The molecule has 0 bridgehead atoms. The highest BCUT2D eigenvalue weighted by Crippen LogP contribution is 2.16. The predicted molar refractivity (Wildman–Crippen MR) is 80.2 cm³/mol. The van der Waals surface area contributed by atoms with Crippen LogP contribution in [-0.4, -0.2) is 12.6 Å². The Labute approximate surface area is 122 Å². The van der Waals surface area contributed by atoms with Crippen molar-refractivity contribution in [1.82, 2.24) is 5.32 Å². The van der Waals surface area contributed by atoms with Gasteiger partial charge in [0.15, 0.2) is 11.6 Å². The van der Waals surface area contributed by atoms with Crippen LogP contribution < -0.4 is 5.32 Å². The van der Waals surface area contributed by atoms with Crippen molar-refractivity contribution in [3.63, 3.8) is 0 Å². The van der Waals surface area contributed by atoms with Gasteiger partial charge in [0.2, 0.25) is 0 Å². The van der Waals surface area contributed by atoms with Crippen molar-refractivity contribution in [3.8, 4) is 0 Å². The first-order valence-corrected chi connectivity index (χ1v) is 7.82. The van der Waals surface area contributed by atoms with E-state index >= 15 is 0 Å². The fraction of sp³-hybridized carbons (Fsp3) is 0.375. The predicted octanol–water partition coefficient (Wildman–Crippen LogP) is 4.18. The molecule has 0 fully saturated rings. The van der Waals surface area contributed by atoms with E-state index in [1.54, 1.807) is 23.5 Å². The zero-order valence-corrected chi connectivity index (χ0v) is 12.4. The molecule has 0 aliphatic heterocycles. The molecule has 1 nitrogen and oxygen atoms in total. The van der Waals surface area contributed by atoms with Gasteiger partial charge in [-0.1, -0.05) is 19.1 Å². The summed E-state index contributed by atoms with van der Waals surface area (Å²) in [5.74, 6) is -1.49. The van der Waals surface area contributed by atoms with E-state index in [0.29, 0.717) is 12.0 Å². The number of rotatable bonds is 7. The van der Waals surface area contributed by atoms with Crippen molar-refractivity contribution in [1.29, 1.82) is 0 Å². The molecule has 1 heterocycles. The maximum Gasteiger partial charge on any atom is 0.162 e. The third kappa shape index (κ3) is 4.12. The largest absolute Gasteiger partial charge is 0.313 e. The molecule has 108 valence electrons. The highest BCUT2D eigenvalue weighted by Gasteiger charge is 2.14. The minimum Gasteiger partial charge on any atom is -0.313 e. The molecule has 0 saturated carbocycles. The van der Waals surface area contributed by atoms with Crippen molar-refractivity contribution in [3.05, 3.63) is 57.8 Å². The monoisotopic (exact) mass is 295 g/mol. The summed E-state index contributed by atoms with van der Waals surface area (Å²) in [6, 6.07) is 6.59. The zero-order valence-electron chi connectivity index (χ0n) is 11.5. The highest BCUT2D eigenvalue weighted by atomic mass is 32.1. The smallest absolute Gasteiger partial charge is 0.162 e. The minimum atomic E-state index is -0.771. The summed E-state index contributed by atoms with van der Waals surface area (Å²) in [5.41, 5.74) is 1.68. The first-order valence-electron chi connectivity index (χ1n) is 6.88. The van der Waals surface area contributed by atoms with Gasteiger partial charge in [-0.25, -0.2) is 8.78 Å². The van der Waals surface area contributed by atoms with Crippen LogP contribution in [0.2, 0.25) is 0 Å². The molecule has 1 aromatic carbocycles. The molecule has 0 aliphatic carbocycles. The minimum absolute atomic E-state index is 0.126. The molecular weight excluding hydrogens is 276 g/mol. The Hall–Kier alpha value is -1.26. The van der Waals surface area contributed by atoms with E-state index in [1.807, 2.05) is 5.38 Å². The summed E-state index contributed by atoms with van der Waals surface area (Å²) in [5, 5.41) is 7.55. The standard InChI is InChI=1S/C16H19F2NS/c1-2-7-19-14(9-12-6-8-20-11-12)10-13-4-3-5-15(17)16(13)18/h3-6,8,11,14,19H,2,7,9-10H2,1H3. The molecule has 2 aromatic rings. The molecule has 1 unspecified atom stereocenters. The third-order valence-corrected chi connectivity index (χ3v) is 3.98. The molecule has 20 heavy (non-hydrogen) atoms. The van der Waals surface area contributed by atoms with Crippen molar-refractivity contribution < 1.29 is 8.78 Å². The summed E-state index contributed by atoms with van der Waals surface area (Å²) in [6.45, 7) is 2.98. The van der Waals surface area contributed by atoms with Gasteiger partial charge in [-0.3, -0.25) is 0 Å². The van der Waals surface area contributed by atoms with E-state index in [4.69, 9.17) is 0 Å². The van der Waals surface area contributed by atoms with E-state index in [0.717, 1.165) is 25.5 Å². The van der Waals surface area contributed by atoms with Gasteiger partial charge in [0, 0.05) is 6.04 Å². The van der Waals surface area contributed by atoms with Crippen molar-refractivity contribution in [2.75, 3.05) is 6.54 Å². The molecule has 1 aromatic heterocycles. The molecule has 0 radical (unpaired) electrons. The van der Waals surface area contributed by atoms with Crippen LogP contribution in [0.1, 0.15) is 24.5 Å². The van der Waals surface area contributed by atoms with Crippen LogP contribution in [0.4, 0.5) is 8.78 Å². The Morgan fingerprint density at radius 2 is 2.05 bits per heavy atom. The SMILES string of the molecule is CCCNC(Cc1ccsc1)Cc1cccc(F)c1F. The lowest BCUT2D eigenvalue weighted by Gasteiger charge is -2.18. The Morgan fingerprint density at radius 3 is 2.75 bits per heavy atom. The molecule has 0 amide bonds. The van der Waals surface area contributed by atoms with Crippen LogP contribution in [-0.2, 0) is 12.8 Å². The van der Waals surface area contributed by atoms with E-state index in [9.17, 15) is 8.78 Å². The molecule has 1 atom stereocenters. The average Bonchev–Trinajstić information content (AvgIpc) is 2.94. The lowest BCUT2D eigenvalue weighted by atomic mass is 10.00. The molecule has 0 spiro atoms. The Morgan fingerprint density at radius 1 is 1.20 bits per heavy atom. The third-order valence-electron chi connectivity index (χ3n) is 3.24. The first-order chi connectivity index (χ1) is 9.70. The number of hydrogen-bond donors (Lipinski definition) is 1. The van der Waals surface area contributed by atoms with Crippen LogP contribution in [0, 0.1) is 11.6 Å². The Balaban J connectivity index is 2.08. The molecule has 2 rings (SSSR count). The summed E-state index contributed by atoms with van der Waals surface area (Å²) >= 11 is 1.66. The van der Waals surface area contributed by atoms with Gasteiger partial charge >= 0.3 is 0 Å². The van der Waals surface area contributed by atoms with E-state index < -0.39 is 11.6 Å². The second kappa shape index (κ2) is 7.50. The molecule has 1 N–H and O–H groups in total. The first kappa shape index (κ1) is 15.1. The van der Waals surface area contributed by atoms with Crippen LogP contribution in [0.25, 0.3) is 0 Å². The van der Waals surface area contributed by atoms with Gasteiger partial charge < -0.3 is 5.32 Å². The fourth-order valence-corrected chi connectivity index (χ4v) is 2.91. The topological polar surface area (TPSA) is 12.0 Å². The van der Waals surface area contributed by atoms with Crippen LogP contribution in [0.5, 0.6) is 0 Å². The zero-order chi connectivity index (χ0) is 14.4. The van der Waals surface area contributed by atoms with E-state index in [1.165, 1.54) is 5.56 Å². The molecule has 0 saturated heterocycles. The number of benzene rings is 1. The van der Waals surface area contributed by atoms with Gasteiger partial charge in [0.05, 0.1) is 0 Å². The van der Waals surface area contributed by atoms with Gasteiger partial charge in [-0.15, -0.1) is 0 Å². The number of thiophene rings is 1. The second-order valence-corrected chi connectivity index (χ2v) is 5.68. The van der Waals surface area contributed by atoms with Gasteiger partial charge in [-0.05, 0) is 59.8 Å². The molecule has 0 aliphatic rings. The summed E-state index contributed by atoms with van der Waals surface area (Å²) < 4.78 is 27.0. The average molecular weight is 295 g/mol. The number of hydrogen-bond acceptors (Lipinski definition) is 2. The van der Waals surface area contributed by atoms with Crippen LogP contribution in [0.15, 0.2) is 35.0 Å². The normalized spacial score (nSPS) is 12.6. The van der Waals surface area contributed by atoms with E-state index in [-0.39, 0.29) is 6.04 Å². The fourth-order valence-electron chi connectivity index (χ4n) is 2.23. The maximum absolute atomic E-state index is 13.8. The van der Waals surface area contributed by atoms with Crippen LogP contribution >= 0.6 is 11.3 Å². The quantitative estimate of drug-likeness (QED) is 0.808. The molecular formula is C16H19F2NS. The lowest BCUT2D eigenvalue weighted by molar-refractivity contribution is 0.468. The summed E-state index contributed by atoms with van der Waals surface area (Å²) in [7, 11) is 0. The summed E-state index contributed by atoms with van der Waals surface area (Å²) in [6.07, 6.45) is 2.35. The van der Waals surface area contributed by atoms with E-state index in [2.05, 4.69) is 23.7 Å². The van der Waals surface area contributed by atoms with Crippen LogP contribution in [0.3, 0.4) is 0 Å². The lowest BCUT2D eigenvalue weighted by Crippen LogP contribution is -2.34. The Bertz CT molecular complexity index is 525.